The Labute approximate surface area is 176 Å². The van der Waals surface area contributed by atoms with Crippen molar-refractivity contribution in [2.45, 2.75) is 26.2 Å². The minimum atomic E-state index is -0.435. The molecule has 1 aliphatic rings. The van der Waals surface area contributed by atoms with E-state index in [4.69, 9.17) is 11.6 Å². The van der Waals surface area contributed by atoms with Gasteiger partial charge in [-0.1, -0.05) is 49.7 Å². The van der Waals surface area contributed by atoms with Crippen LogP contribution >= 0.6 is 11.6 Å². The fraction of sp³-hybridized carbons (Fsp3) is 0.391. The van der Waals surface area contributed by atoms with Crippen LogP contribution in [0.1, 0.15) is 42.1 Å². The van der Waals surface area contributed by atoms with Crippen molar-refractivity contribution in [1.82, 2.24) is 10.2 Å². The SMILES string of the molecule is CC(C)CCNC(=O)[C@@H]1CN(C(=O)c2ccccc2Cl)C[C@H]1c1cccc(F)c1. The second-order valence-corrected chi connectivity index (χ2v) is 8.34. The second-order valence-electron chi connectivity index (χ2n) is 7.93. The molecule has 2 atom stereocenters. The maximum absolute atomic E-state index is 13.8. The highest BCUT2D eigenvalue weighted by Crippen LogP contribution is 2.34. The first kappa shape index (κ1) is 21.3. The van der Waals surface area contributed by atoms with Gasteiger partial charge in [-0.3, -0.25) is 9.59 Å². The summed E-state index contributed by atoms with van der Waals surface area (Å²) in [4.78, 5) is 27.6. The average molecular weight is 417 g/mol. The summed E-state index contributed by atoms with van der Waals surface area (Å²) >= 11 is 6.19. The van der Waals surface area contributed by atoms with Crippen molar-refractivity contribution in [3.63, 3.8) is 0 Å². The second kappa shape index (κ2) is 9.40. The molecule has 0 radical (unpaired) electrons. The molecule has 154 valence electrons. The molecule has 4 nitrogen and oxygen atoms in total. The van der Waals surface area contributed by atoms with Gasteiger partial charge in [-0.2, -0.15) is 0 Å². The molecule has 0 bridgehead atoms. The highest BCUT2D eigenvalue weighted by molar-refractivity contribution is 6.33. The summed E-state index contributed by atoms with van der Waals surface area (Å²) in [5.74, 6) is -0.885. The van der Waals surface area contributed by atoms with Crippen molar-refractivity contribution < 1.29 is 14.0 Å². The molecule has 0 aromatic heterocycles. The Balaban J connectivity index is 1.82. The quantitative estimate of drug-likeness (QED) is 0.753. The van der Waals surface area contributed by atoms with Crippen LogP contribution in [0.15, 0.2) is 48.5 Å². The Morgan fingerprint density at radius 2 is 1.93 bits per heavy atom. The maximum Gasteiger partial charge on any atom is 0.255 e. The van der Waals surface area contributed by atoms with E-state index in [1.807, 2.05) is 6.07 Å². The van der Waals surface area contributed by atoms with Crippen LogP contribution in [0.4, 0.5) is 4.39 Å². The summed E-state index contributed by atoms with van der Waals surface area (Å²) in [6.45, 7) is 5.40. The van der Waals surface area contributed by atoms with Gasteiger partial charge in [-0.05, 0) is 42.2 Å². The molecule has 2 amide bonds. The molecule has 1 N–H and O–H groups in total. The van der Waals surface area contributed by atoms with Crippen LogP contribution in [0.2, 0.25) is 5.02 Å². The van der Waals surface area contributed by atoms with Crippen LogP contribution in [-0.2, 0) is 4.79 Å². The number of hydrogen-bond donors (Lipinski definition) is 1. The van der Waals surface area contributed by atoms with Gasteiger partial charge >= 0.3 is 0 Å². The third-order valence-electron chi connectivity index (χ3n) is 5.35. The first-order valence-electron chi connectivity index (χ1n) is 9.93. The van der Waals surface area contributed by atoms with E-state index in [0.29, 0.717) is 29.6 Å². The number of likely N-dealkylation sites (tertiary alicyclic amines) is 1. The Hall–Kier alpha value is -2.40. The summed E-state index contributed by atoms with van der Waals surface area (Å²) in [6.07, 6.45) is 0.880. The lowest BCUT2D eigenvalue weighted by Gasteiger charge is -2.18. The number of nitrogens with one attached hydrogen (secondary N) is 1. The van der Waals surface area contributed by atoms with Gasteiger partial charge in [-0.15, -0.1) is 0 Å². The normalized spacial score (nSPS) is 18.9. The monoisotopic (exact) mass is 416 g/mol. The smallest absolute Gasteiger partial charge is 0.255 e. The Kier molecular flexibility index (Phi) is 6.91. The fourth-order valence-corrected chi connectivity index (χ4v) is 3.95. The predicted molar refractivity (Wildman–Crippen MR) is 112 cm³/mol. The minimum absolute atomic E-state index is 0.102. The molecular formula is C23H26ClFN2O2. The largest absolute Gasteiger partial charge is 0.356 e. The van der Waals surface area contributed by atoms with E-state index in [2.05, 4.69) is 19.2 Å². The molecule has 2 aromatic rings. The van der Waals surface area contributed by atoms with E-state index < -0.39 is 5.92 Å². The number of amides is 2. The van der Waals surface area contributed by atoms with Crippen molar-refractivity contribution >= 4 is 23.4 Å². The third-order valence-corrected chi connectivity index (χ3v) is 5.68. The zero-order valence-electron chi connectivity index (χ0n) is 16.7. The van der Waals surface area contributed by atoms with Gasteiger partial charge in [0.2, 0.25) is 5.91 Å². The van der Waals surface area contributed by atoms with Gasteiger partial charge in [0, 0.05) is 25.6 Å². The van der Waals surface area contributed by atoms with E-state index in [1.54, 1.807) is 35.2 Å². The third kappa shape index (κ3) is 5.15. The molecule has 1 aliphatic heterocycles. The van der Waals surface area contributed by atoms with Gasteiger partial charge < -0.3 is 10.2 Å². The van der Waals surface area contributed by atoms with E-state index in [9.17, 15) is 14.0 Å². The van der Waals surface area contributed by atoms with E-state index in [0.717, 1.165) is 12.0 Å². The molecule has 2 aromatic carbocycles. The Morgan fingerprint density at radius 1 is 1.17 bits per heavy atom. The van der Waals surface area contributed by atoms with Gasteiger partial charge in [0.15, 0.2) is 0 Å². The number of rotatable bonds is 6. The molecule has 29 heavy (non-hydrogen) atoms. The molecule has 3 rings (SSSR count). The summed E-state index contributed by atoms with van der Waals surface area (Å²) < 4.78 is 13.8. The number of nitrogens with zero attached hydrogens (tertiary/aromatic N) is 1. The topological polar surface area (TPSA) is 49.4 Å². The van der Waals surface area contributed by atoms with Crippen molar-refractivity contribution in [1.29, 1.82) is 0 Å². The van der Waals surface area contributed by atoms with E-state index in [1.165, 1.54) is 12.1 Å². The lowest BCUT2D eigenvalue weighted by Crippen LogP contribution is -2.36. The molecule has 0 unspecified atom stereocenters. The first-order chi connectivity index (χ1) is 13.9. The summed E-state index contributed by atoms with van der Waals surface area (Å²) in [5.41, 5.74) is 1.14. The average Bonchev–Trinajstić information content (AvgIpc) is 3.13. The van der Waals surface area contributed by atoms with Crippen molar-refractivity contribution in [3.8, 4) is 0 Å². The lowest BCUT2D eigenvalue weighted by molar-refractivity contribution is -0.124. The van der Waals surface area contributed by atoms with Crippen LogP contribution in [0.5, 0.6) is 0 Å². The van der Waals surface area contributed by atoms with Crippen LogP contribution < -0.4 is 5.32 Å². The lowest BCUT2D eigenvalue weighted by atomic mass is 9.88. The van der Waals surface area contributed by atoms with Crippen LogP contribution in [0, 0.1) is 17.7 Å². The minimum Gasteiger partial charge on any atom is -0.356 e. The molecule has 6 heteroatoms. The Bertz CT molecular complexity index is 887. The first-order valence-corrected chi connectivity index (χ1v) is 10.3. The molecule has 0 aliphatic carbocycles. The molecule has 1 saturated heterocycles. The Morgan fingerprint density at radius 3 is 2.62 bits per heavy atom. The summed E-state index contributed by atoms with van der Waals surface area (Å²) in [7, 11) is 0. The number of benzene rings is 2. The molecule has 0 saturated carbocycles. The molecule has 0 spiro atoms. The highest BCUT2D eigenvalue weighted by atomic mass is 35.5. The number of carbonyl (C=O) groups is 2. The van der Waals surface area contributed by atoms with Gasteiger partial charge in [0.1, 0.15) is 5.82 Å². The highest BCUT2D eigenvalue weighted by Gasteiger charge is 2.40. The summed E-state index contributed by atoms with van der Waals surface area (Å²) in [5, 5.41) is 3.36. The molecular weight excluding hydrogens is 391 g/mol. The van der Waals surface area contributed by atoms with E-state index >= 15 is 0 Å². The van der Waals surface area contributed by atoms with Gasteiger partial charge in [0.25, 0.3) is 5.91 Å². The van der Waals surface area contributed by atoms with Crippen LogP contribution in [0.3, 0.4) is 0 Å². The standard InChI is InChI=1S/C23H26ClFN2O2/c1-15(2)10-11-26-22(28)20-14-27(23(29)18-8-3-4-9-21(18)24)13-19(20)16-6-5-7-17(25)12-16/h3-9,12,15,19-20H,10-11,13-14H2,1-2H3,(H,26,28)/t19-,20+/m0/s1. The van der Waals surface area contributed by atoms with Crippen molar-refractivity contribution in [2.75, 3.05) is 19.6 Å². The molecule has 1 fully saturated rings. The maximum atomic E-state index is 13.8. The zero-order chi connectivity index (χ0) is 21.0. The number of carbonyl (C=O) groups excluding carboxylic acids is 2. The summed E-state index contributed by atoms with van der Waals surface area (Å²) in [6, 6.07) is 13.1. The zero-order valence-corrected chi connectivity index (χ0v) is 17.5. The van der Waals surface area contributed by atoms with Crippen molar-refractivity contribution in [2.24, 2.45) is 11.8 Å². The predicted octanol–water partition coefficient (Wildman–Crippen LogP) is 4.50. The van der Waals surface area contributed by atoms with Crippen LogP contribution in [-0.4, -0.2) is 36.3 Å². The number of hydrogen-bond acceptors (Lipinski definition) is 2. The molecule has 1 heterocycles. The van der Waals surface area contributed by atoms with Gasteiger partial charge in [-0.25, -0.2) is 4.39 Å². The van der Waals surface area contributed by atoms with Crippen LogP contribution in [0.25, 0.3) is 0 Å². The number of halogens is 2. The van der Waals surface area contributed by atoms with Crippen molar-refractivity contribution in [3.05, 3.63) is 70.5 Å². The fourth-order valence-electron chi connectivity index (χ4n) is 3.73. The van der Waals surface area contributed by atoms with E-state index in [-0.39, 0.29) is 30.1 Å². The van der Waals surface area contributed by atoms with Gasteiger partial charge in [0.05, 0.1) is 16.5 Å².